The van der Waals surface area contributed by atoms with Gasteiger partial charge >= 0.3 is 0 Å². The van der Waals surface area contributed by atoms with E-state index in [1.54, 1.807) is 12.1 Å². The van der Waals surface area contributed by atoms with E-state index in [9.17, 15) is 4.39 Å². The summed E-state index contributed by atoms with van der Waals surface area (Å²) in [5.74, 6) is 1.70. The minimum atomic E-state index is -0.307. The number of methoxy groups -OCH3 is 1. The average molecular weight is 427 g/mol. The summed E-state index contributed by atoms with van der Waals surface area (Å²) in [7, 11) is 3.61. The largest absolute Gasteiger partial charge is 0.494 e. The molecule has 2 aromatic rings. The van der Waals surface area contributed by atoms with Crippen molar-refractivity contribution in [1.82, 2.24) is 9.80 Å². The van der Waals surface area contributed by atoms with Crippen LogP contribution in [0.15, 0.2) is 36.4 Å². The van der Waals surface area contributed by atoms with Crippen LogP contribution in [0.4, 0.5) is 4.39 Å². The van der Waals surface area contributed by atoms with Gasteiger partial charge in [0, 0.05) is 25.0 Å². The highest BCUT2D eigenvalue weighted by Gasteiger charge is 2.26. The smallest absolute Gasteiger partial charge is 0.165 e. The van der Waals surface area contributed by atoms with Gasteiger partial charge in [-0.25, -0.2) is 4.39 Å². The van der Waals surface area contributed by atoms with Crippen LogP contribution in [-0.2, 0) is 6.54 Å². The molecule has 1 fully saturated rings. The second-order valence-electron chi connectivity index (χ2n) is 9.39. The molecule has 4 nitrogen and oxygen atoms in total. The highest BCUT2D eigenvalue weighted by atomic mass is 19.1. The Labute approximate surface area is 185 Å². The van der Waals surface area contributed by atoms with Gasteiger partial charge in [-0.15, -0.1) is 0 Å². The number of halogens is 1. The lowest BCUT2D eigenvalue weighted by Gasteiger charge is -2.35. The zero-order chi connectivity index (χ0) is 22.0. The molecule has 31 heavy (non-hydrogen) atoms. The van der Waals surface area contributed by atoms with Crippen molar-refractivity contribution in [2.45, 2.75) is 45.2 Å². The minimum Gasteiger partial charge on any atom is -0.494 e. The van der Waals surface area contributed by atoms with Gasteiger partial charge in [0.2, 0.25) is 0 Å². The zero-order valence-electron chi connectivity index (χ0n) is 19.2. The topological polar surface area (TPSA) is 24.9 Å². The Morgan fingerprint density at radius 1 is 1.10 bits per heavy atom. The maximum absolute atomic E-state index is 14.3. The number of benzene rings is 2. The molecule has 168 valence electrons. The number of likely N-dealkylation sites (N-methyl/N-ethyl adjacent to an activating group) is 1. The second kappa shape index (κ2) is 9.58. The number of nitrogens with zero attached hydrogens (tertiary/aromatic N) is 2. The fourth-order valence-corrected chi connectivity index (χ4v) is 4.95. The lowest BCUT2D eigenvalue weighted by atomic mass is 9.84. The normalized spacial score (nSPS) is 20.6. The third-order valence-corrected chi connectivity index (χ3v) is 6.87. The average Bonchev–Trinajstić information content (AvgIpc) is 2.77. The fourth-order valence-electron chi connectivity index (χ4n) is 4.95. The lowest BCUT2D eigenvalue weighted by Crippen LogP contribution is -2.39. The van der Waals surface area contributed by atoms with Crippen LogP contribution in [-0.4, -0.2) is 56.2 Å². The zero-order valence-corrected chi connectivity index (χ0v) is 19.2. The summed E-state index contributed by atoms with van der Waals surface area (Å²) in [5.41, 5.74) is 3.51. The highest BCUT2D eigenvalue weighted by molar-refractivity contribution is 5.45. The molecule has 5 heteroatoms. The van der Waals surface area contributed by atoms with E-state index in [-0.39, 0.29) is 17.5 Å². The molecule has 0 aliphatic carbocycles. The second-order valence-corrected chi connectivity index (χ2v) is 9.39. The standard InChI is InChI=1S/C26H35FN2O2/c1-18(2)29-11-9-19(10-12-29)17-31-22-6-7-23-21(13-22)15-28(3)16-24(23)20-5-8-26(30-4)25(27)14-20/h5-8,13-14,18-19,24H,9-12,15-17H2,1-4H3. The van der Waals surface area contributed by atoms with E-state index in [0.29, 0.717) is 12.0 Å². The molecule has 4 rings (SSSR count). The van der Waals surface area contributed by atoms with Gasteiger partial charge in [-0.1, -0.05) is 12.1 Å². The van der Waals surface area contributed by atoms with Gasteiger partial charge in [0.25, 0.3) is 0 Å². The molecule has 2 heterocycles. The number of hydrogen-bond donors (Lipinski definition) is 0. The molecule has 2 aliphatic rings. The van der Waals surface area contributed by atoms with E-state index in [1.165, 1.54) is 44.2 Å². The first kappa shape index (κ1) is 22.1. The van der Waals surface area contributed by atoms with E-state index < -0.39 is 0 Å². The van der Waals surface area contributed by atoms with E-state index in [0.717, 1.165) is 31.0 Å². The van der Waals surface area contributed by atoms with Crippen LogP contribution in [0.25, 0.3) is 0 Å². The highest BCUT2D eigenvalue weighted by Crippen LogP contribution is 2.36. The summed E-state index contributed by atoms with van der Waals surface area (Å²) >= 11 is 0. The number of hydrogen-bond acceptors (Lipinski definition) is 4. The summed E-state index contributed by atoms with van der Waals surface area (Å²) in [4.78, 5) is 4.84. The van der Waals surface area contributed by atoms with Crippen LogP contribution in [0.1, 0.15) is 49.3 Å². The van der Waals surface area contributed by atoms with Crippen molar-refractivity contribution in [3.63, 3.8) is 0 Å². The Morgan fingerprint density at radius 3 is 2.55 bits per heavy atom. The monoisotopic (exact) mass is 426 g/mol. The first-order chi connectivity index (χ1) is 14.9. The van der Waals surface area contributed by atoms with Gasteiger partial charge in [0.15, 0.2) is 11.6 Å². The number of ether oxygens (including phenoxy) is 2. The van der Waals surface area contributed by atoms with Crippen LogP contribution in [0.2, 0.25) is 0 Å². The van der Waals surface area contributed by atoms with Gasteiger partial charge in [-0.05, 0) is 93.7 Å². The summed E-state index contributed by atoms with van der Waals surface area (Å²) in [6, 6.07) is 12.4. The van der Waals surface area contributed by atoms with E-state index in [4.69, 9.17) is 9.47 Å². The summed E-state index contributed by atoms with van der Waals surface area (Å²) < 4.78 is 25.6. The van der Waals surface area contributed by atoms with Crippen molar-refractivity contribution >= 4 is 0 Å². The Bertz CT molecular complexity index is 893. The Morgan fingerprint density at radius 2 is 1.87 bits per heavy atom. The molecule has 0 N–H and O–H groups in total. The molecular formula is C26H35FN2O2. The molecule has 1 atom stereocenters. The summed E-state index contributed by atoms with van der Waals surface area (Å²) in [5, 5.41) is 0. The van der Waals surface area contributed by atoms with Crippen LogP contribution < -0.4 is 9.47 Å². The SMILES string of the molecule is COc1ccc(C2CN(C)Cc3cc(OCC4CCN(C(C)C)CC4)ccc32)cc1F. The van der Waals surface area contributed by atoms with E-state index >= 15 is 0 Å². The molecule has 1 saturated heterocycles. The number of piperidine rings is 1. The predicted molar refractivity (Wildman–Crippen MR) is 122 cm³/mol. The molecule has 0 radical (unpaired) electrons. The molecule has 0 bridgehead atoms. The molecule has 1 unspecified atom stereocenters. The van der Waals surface area contributed by atoms with Crippen LogP contribution in [0, 0.1) is 11.7 Å². The number of likely N-dealkylation sites (tertiary alicyclic amines) is 1. The number of fused-ring (bicyclic) bond motifs is 1. The molecule has 0 saturated carbocycles. The van der Waals surface area contributed by atoms with Crippen LogP contribution in [0.3, 0.4) is 0 Å². The van der Waals surface area contributed by atoms with Crippen molar-refractivity contribution in [3.8, 4) is 11.5 Å². The summed E-state index contributed by atoms with van der Waals surface area (Å²) in [6.45, 7) is 9.42. The molecular weight excluding hydrogens is 391 g/mol. The maximum Gasteiger partial charge on any atom is 0.165 e. The molecule has 2 aromatic carbocycles. The van der Waals surface area contributed by atoms with Gasteiger partial charge in [0.1, 0.15) is 5.75 Å². The third kappa shape index (κ3) is 5.04. The molecule has 0 amide bonds. The molecule has 0 spiro atoms. The lowest BCUT2D eigenvalue weighted by molar-refractivity contribution is 0.119. The fraction of sp³-hybridized carbons (Fsp3) is 0.538. The van der Waals surface area contributed by atoms with E-state index in [1.807, 2.05) is 6.07 Å². The Balaban J connectivity index is 1.45. The maximum atomic E-state index is 14.3. The first-order valence-corrected chi connectivity index (χ1v) is 11.5. The van der Waals surface area contributed by atoms with Gasteiger partial charge in [0.05, 0.1) is 13.7 Å². The minimum absolute atomic E-state index is 0.142. The van der Waals surface area contributed by atoms with Crippen molar-refractivity contribution in [2.75, 3.05) is 40.4 Å². The molecule has 2 aliphatic heterocycles. The van der Waals surface area contributed by atoms with Gasteiger partial charge in [-0.3, -0.25) is 0 Å². The summed E-state index contributed by atoms with van der Waals surface area (Å²) in [6.07, 6.45) is 2.41. The Kier molecular flexibility index (Phi) is 6.83. The first-order valence-electron chi connectivity index (χ1n) is 11.5. The van der Waals surface area contributed by atoms with Crippen molar-refractivity contribution in [1.29, 1.82) is 0 Å². The number of rotatable bonds is 6. The van der Waals surface area contributed by atoms with Gasteiger partial charge < -0.3 is 19.3 Å². The third-order valence-electron chi connectivity index (χ3n) is 6.87. The van der Waals surface area contributed by atoms with Crippen molar-refractivity contribution < 1.29 is 13.9 Å². The van der Waals surface area contributed by atoms with Crippen molar-refractivity contribution in [3.05, 3.63) is 58.9 Å². The predicted octanol–water partition coefficient (Wildman–Crippen LogP) is 4.91. The van der Waals surface area contributed by atoms with Crippen LogP contribution in [0.5, 0.6) is 11.5 Å². The van der Waals surface area contributed by atoms with Crippen molar-refractivity contribution in [2.24, 2.45) is 5.92 Å². The Hall–Kier alpha value is -2.11. The van der Waals surface area contributed by atoms with E-state index in [2.05, 4.69) is 48.9 Å². The van der Waals surface area contributed by atoms with Gasteiger partial charge in [-0.2, -0.15) is 0 Å². The van der Waals surface area contributed by atoms with Crippen LogP contribution >= 0.6 is 0 Å². The quantitative estimate of drug-likeness (QED) is 0.655. The molecule has 0 aromatic heterocycles.